The van der Waals surface area contributed by atoms with Crippen LogP contribution >= 0.6 is 0 Å². The maximum atomic E-state index is 12.9. The largest absolute Gasteiger partial charge is 0.415 e. The summed E-state index contributed by atoms with van der Waals surface area (Å²) in [4.78, 5) is 0.249. The molecule has 0 radical (unpaired) electrons. The molecule has 7 heteroatoms. The summed E-state index contributed by atoms with van der Waals surface area (Å²) in [5, 5.41) is 10.1. The number of hydrogen-bond acceptors (Lipinski definition) is 4. The van der Waals surface area contributed by atoms with E-state index >= 15 is 0 Å². The van der Waals surface area contributed by atoms with E-state index in [2.05, 4.69) is 38.6 Å². The van der Waals surface area contributed by atoms with E-state index in [0.717, 1.165) is 5.56 Å². The summed E-state index contributed by atoms with van der Waals surface area (Å²) in [6, 6.07) is 6.42. The quantitative estimate of drug-likeness (QED) is 0.538. The Morgan fingerprint density at radius 1 is 1.18 bits per heavy atom. The molecule has 1 aromatic carbocycles. The molecule has 0 spiro atoms. The van der Waals surface area contributed by atoms with E-state index in [4.69, 9.17) is 4.43 Å². The molecular formula is C21H39NO4SSi. The van der Waals surface area contributed by atoms with Crippen LogP contribution in [-0.2, 0) is 14.4 Å². The lowest BCUT2D eigenvalue weighted by Gasteiger charge is -2.38. The first kappa shape index (κ1) is 25.3. The minimum Gasteiger partial charge on any atom is -0.415 e. The molecule has 2 N–H and O–H groups in total. The molecule has 3 atom stereocenters. The predicted octanol–water partition coefficient (Wildman–Crippen LogP) is 4.46. The Morgan fingerprint density at radius 3 is 2.18 bits per heavy atom. The SMILES string of the molecule is CCC(O)CC(C)C(CO[Si](C)(C)C(C)(C)C)NS(=O)(=O)c1ccc(C)cc1. The Bertz CT molecular complexity index is 711. The fourth-order valence-corrected chi connectivity index (χ4v) is 4.93. The molecular weight excluding hydrogens is 390 g/mol. The van der Waals surface area contributed by atoms with Gasteiger partial charge in [0.05, 0.1) is 17.6 Å². The number of nitrogens with one attached hydrogen (secondary N) is 1. The van der Waals surface area contributed by atoms with Crippen LogP contribution in [0.1, 0.15) is 53.0 Å². The molecule has 0 aromatic heterocycles. The molecule has 0 fully saturated rings. The monoisotopic (exact) mass is 429 g/mol. The Labute approximate surface area is 173 Å². The first-order valence-corrected chi connectivity index (χ1v) is 14.5. The average Bonchev–Trinajstić information content (AvgIpc) is 2.57. The molecule has 0 saturated carbocycles. The van der Waals surface area contributed by atoms with Crippen molar-refractivity contribution < 1.29 is 18.0 Å². The maximum absolute atomic E-state index is 12.9. The molecule has 0 aliphatic carbocycles. The van der Waals surface area contributed by atoms with Crippen molar-refractivity contribution in [3.05, 3.63) is 29.8 Å². The third-order valence-corrected chi connectivity index (χ3v) is 11.9. The van der Waals surface area contributed by atoms with Gasteiger partial charge in [-0.3, -0.25) is 0 Å². The molecule has 1 rings (SSSR count). The van der Waals surface area contributed by atoms with Gasteiger partial charge in [0, 0.05) is 6.04 Å². The van der Waals surface area contributed by atoms with E-state index in [-0.39, 0.29) is 15.9 Å². The van der Waals surface area contributed by atoms with Crippen LogP contribution in [0, 0.1) is 12.8 Å². The Hall–Kier alpha value is -0.733. The van der Waals surface area contributed by atoms with Gasteiger partial charge >= 0.3 is 0 Å². The summed E-state index contributed by atoms with van der Waals surface area (Å²) in [6.45, 7) is 16.9. The van der Waals surface area contributed by atoms with Crippen molar-refractivity contribution in [1.82, 2.24) is 4.72 Å². The van der Waals surface area contributed by atoms with E-state index < -0.39 is 30.5 Å². The third kappa shape index (κ3) is 7.26. The van der Waals surface area contributed by atoms with E-state index in [0.29, 0.717) is 19.4 Å². The van der Waals surface area contributed by atoms with Crippen molar-refractivity contribution >= 4 is 18.3 Å². The lowest BCUT2D eigenvalue weighted by atomic mass is 9.95. The Morgan fingerprint density at radius 2 is 1.71 bits per heavy atom. The van der Waals surface area contributed by atoms with Crippen molar-refractivity contribution in [2.75, 3.05) is 6.61 Å². The van der Waals surface area contributed by atoms with Crippen LogP contribution in [0.2, 0.25) is 18.1 Å². The van der Waals surface area contributed by atoms with Crippen LogP contribution in [0.5, 0.6) is 0 Å². The molecule has 28 heavy (non-hydrogen) atoms. The summed E-state index contributed by atoms with van der Waals surface area (Å²) in [7, 11) is -5.68. The van der Waals surface area contributed by atoms with Gasteiger partial charge in [0.25, 0.3) is 0 Å². The standard InChI is InChI=1S/C21H39NO4SSi/c1-9-18(23)14-17(3)20(15-26-28(7,8)21(4,5)6)22-27(24,25)19-12-10-16(2)11-13-19/h10-13,17-18,20,22-23H,9,14-15H2,1-8H3. The van der Waals surface area contributed by atoms with E-state index in [9.17, 15) is 13.5 Å². The molecule has 1 aromatic rings. The average molecular weight is 430 g/mol. The highest BCUT2D eigenvalue weighted by Crippen LogP contribution is 2.36. The smallest absolute Gasteiger partial charge is 0.240 e. The fraction of sp³-hybridized carbons (Fsp3) is 0.714. The van der Waals surface area contributed by atoms with Gasteiger partial charge in [-0.15, -0.1) is 0 Å². The normalized spacial score (nSPS) is 16.6. The van der Waals surface area contributed by atoms with Crippen molar-refractivity contribution in [3.8, 4) is 0 Å². The van der Waals surface area contributed by atoms with Crippen LogP contribution < -0.4 is 4.72 Å². The topological polar surface area (TPSA) is 75.6 Å². The minimum absolute atomic E-state index is 0.0412. The highest BCUT2D eigenvalue weighted by molar-refractivity contribution is 7.89. The summed E-state index contributed by atoms with van der Waals surface area (Å²) >= 11 is 0. The van der Waals surface area contributed by atoms with E-state index in [1.54, 1.807) is 24.3 Å². The zero-order chi connectivity index (χ0) is 21.8. The predicted molar refractivity (Wildman–Crippen MR) is 119 cm³/mol. The van der Waals surface area contributed by atoms with Gasteiger partial charge in [-0.2, -0.15) is 0 Å². The van der Waals surface area contributed by atoms with Crippen molar-refractivity contribution in [3.63, 3.8) is 0 Å². The molecule has 0 bridgehead atoms. The highest BCUT2D eigenvalue weighted by atomic mass is 32.2. The molecule has 0 aliphatic heterocycles. The number of sulfonamides is 1. The summed E-state index contributed by atoms with van der Waals surface area (Å²) < 4.78 is 35.0. The first-order valence-electron chi connectivity index (χ1n) is 10.1. The molecule has 0 saturated heterocycles. The van der Waals surface area contributed by atoms with Crippen LogP contribution in [0.4, 0.5) is 0 Å². The number of hydrogen-bond donors (Lipinski definition) is 2. The lowest BCUT2D eigenvalue weighted by Crippen LogP contribution is -2.48. The van der Waals surface area contributed by atoms with Crippen molar-refractivity contribution in [2.45, 2.75) is 89.6 Å². The summed E-state index contributed by atoms with van der Waals surface area (Å²) in [5.41, 5.74) is 1.01. The van der Waals surface area contributed by atoms with Gasteiger partial charge in [0.15, 0.2) is 8.32 Å². The van der Waals surface area contributed by atoms with Gasteiger partial charge in [0.2, 0.25) is 10.0 Å². The summed E-state index contributed by atoms with van der Waals surface area (Å²) in [6.07, 6.45) is 0.720. The molecule has 162 valence electrons. The number of aliphatic hydroxyl groups excluding tert-OH is 1. The second-order valence-electron chi connectivity index (χ2n) is 9.39. The lowest BCUT2D eigenvalue weighted by molar-refractivity contribution is 0.122. The molecule has 0 amide bonds. The fourth-order valence-electron chi connectivity index (χ4n) is 2.57. The van der Waals surface area contributed by atoms with E-state index in [1.165, 1.54) is 0 Å². The third-order valence-electron chi connectivity index (χ3n) is 5.87. The zero-order valence-electron chi connectivity index (χ0n) is 18.7. The second kappa shape index (κ2) is 9.85. The minimum atomic E-state index is -3.66. The van der Waals surface area contributed by atoms with E-state index in [1.807, 2.05) is 20.8 Å². The van der Waals surface area contributed by atoms with Gasteiger partial charge < -0.3 is 9.53 Å². The van der Waals surface area contributed by atoms with Crippen LogP contribution in [-0.4, -0.2) is 40.6 Å². The first-order chi connectivity index (χ1) is 12.7. The molecule has 0 heterocycles. The summed E-state index contributed by atoms with van der Waals surface area (Å²) in [5.74, 6) is -0.0556. The molecule has 5 nitrogen and oxygen atoms in total. The number of benzene rings is 1. The maximum Gasteiger partial charge on any atom is 0.240 e. The Balaban J connectivity index is 3.04. The van der Waals surface area contributed by atoms with Crippen LogP contribution in [0.3, 0.4) is 0 Å². The molecule has 3 unspecified atom stereocenters. The highest BCUT2D eigenvalue weighted by Gasteiger charge is 2.38. The number of rotatable bonds is 10. The van der Waals surface area contributed by atoms with Crippen molar-refractivity contribution in [1.29, 1.82) is 0 Å². The van der Waals surface area contributed by atoms with Gasteiger partial charge in [-0.05, 0) is 55.9 Å². The number of aryl methyl sites for hydroxylation is 1. The van der Waals surface area contributed by atoms with Crippen LogP contribution in [0.15, 0.2) is 29.2 Å². The van der Waals surface area contributed by atoms with Gasteiger partial charge in [0.1, 0.15) is 0 Å². The zero-order valence-corrected chi connectivity index (χ0v) is 20.6. The van der Waals surface area contributed by atoms with Gasteiger partial charge in [-0.1, -0.05) is 52.3 Å². The van der Waals surface area contributed by atoms with Crippen molar-refractivity contribution in [2.24, 2.45) is 5.92 Å². The molecule has 0 aliphatic rings. The number of aliphatic hydroxyl groups is 1. The van der Waals surface area contributed by atoms with Gasteiger partial charge in [-0.25, -0.2) is 13.1 Å². The van der Waals surface area contributed by atoms with Crippen LogP contribution in [0.25, 0.3) is 0 Å². The Kier molecular flexibility index (Phi) is 8.90. The second-order valence-corrected chi connectivity index (χ2v) is 15.9.